The van der Waals surface area contributed by atoms with Crippen molar-refractivity contribution in [3.63, 3.8) is 0 Å². The van der Waals surface area contributed by atoms with E-state index in [4.69, 9.17) is 9.47 Å². The fourth-order valence-electron chi connectivity index (χ4n) is 6.50. The average molecular weight is 523 g/mol. The Morgan fingerprint density at radius 1 is 0.684 bits per heavy atom. The standard InChI is InChI=1S/C33H50N2O3/c1-25-11-9-12-26(2)32(25)37-21-17-29-15-5-7-19-34(29)23-31(36)24-35-20-8-6-16-30(35)18-22-38-33-27(3)13-10-14-28(33)4/h9-14,29-31,36H,5-8,15-24H2,1-4H3. The molecule has 0 bridgehead atoms. The summed E-state index contributed by atoms with van der Waals surface area (Å²) in [6.07, 6.45) is 9.10. The number of hydrogen-bond acceptors (Lipinski definition) is 5. The number of ether oxygens (including phenoxy) is 2. The van der Waals surface area contributed by atoms with Gasteiger partial charge in [0.05, 0.1) is 19.3 Å². The number of rotatable bonds is 12. The Labute approximate surface area is 231 Å². The Morgan fingerprint density at radius 2 is 1.08 bits per heavy atom. The highest BCUT2D eigenvalue weighted by atomic mass is 16.5. The number of piperidine rings is 2. The second-order valence-corrected chi connectivity index (χ2v) is 11.7. The van der Waals surface area contributed by atoms with Crippen LogP contribution >= 0.6 is 0 Å². The van der Waals surface area contributed by atoms with E-state index in [1.807, 2.05) is 0 Å². The monoisotopic (exact) mass is 522 g/mol. The number of aliphatic hydroxyl groups is 1. The fourth-order valence-corrected chi connectivity index (χ4v) is 6.50. The molecule has 5 heteroatoms. The zero-order valence-corrected chi connectivity index (χ0v) is 24.3. The smallest absolute Gasteiger partial charge is 0.125 e. The van der Waals surface area contributed by atoms with Crippen molar-refractivity contribution in [3.8, 4) is 11.5 Å². The quantitative estimate of drug-likeness (QED) is 0.358. The molecule has 2 saturated heterocycles. The molecular formula is C33H50N2O3. The number of likely N-dealkylation sites (tertiary alicyclic amines) is 2. The van der Waals surface area contributed by atoms with Gasteiger partial charge in [-0.15, -0.1) is 0 Å². The van der Waals surface area contributed by atoms with E-state index >= 15 is 0 Å². The van der Waals surface area contributed by atoms with Gasteiger partial charge in [0.25, 0.3) is 0 Å². The molecule has 0 amide bonds. The van der Waals surface area contributed by atoms with Crippen molar-refractivity contribution in [2.24, 2.45) is 0 Å². The zero-order valence-electron chi connectivity index (χ0n) is 24.3. The second kappa shape index (κ2) is 14.3. The maximum absolute atomic E-state index is 11.2. The van der Waals surface area contributed by atoms with Crippen molar-refractivity contribution in [2.45, 2.75) is 97.2 Å². The average Bonchev–Trinajstić information content (AvgIpc) is 2.89. The van der Waals surface area contributed by atoms with Crippen LogP contribution in [0.5, 0.6) is 11.5 Å². The largest absolute Gasteiger partial charge is 0.493 e. The van der Waals surface area contributed by atoms with Crippen molar-refractivity contribution < 1.29 is 14.6 Å². The van der Waals surface area contributed by atoms with Gasteiger partial charge in [0.15, 0.2) is 0 Å². The predicted molar refractivity (Wildman–Crippen MR) is 156 cm³/mol. The number of hydrogen-bond donors (Lipinski definition) is 1. The highest BCUT2D eigenvalue weighted by Crippen LogP contribution is 2.27. The zero-order chi connectivity index (χ0) is 26.9. The Kier molecular flexibility index (Phi) is 10.9. The van der Waals surface area contributed by atoms with Crippen LogP contribution in [0.25, 0.3) is 0 Å². The molecule has 2 aliphatic rings. The van der Waals surface area contributed by atoms with Crippen LogP contribution in [0.15, 0.2) is 36.4 Å². The number of nitrogens with zero attached hydrogens (tertiary/aromatic N) is 2. The van der Waals surface area contributed by atoms with Gasteiger partial charge < -0.3 is 14.6 Å². The van der Waals surface area contributed by atoms with Crippen LogP contribution in [-0.4, -0.2) is 72.5 Å². The topological polar surface area (TPSA) is 45.2 Å². The summed E-state index contributed by atoms with van der Waals surface area (Å²) in [4.78, 5) is 5.07. The third-order valence-corrected chi connectivity index (χ3v) is 8.60. The predicted octanol–water partition coefficient (Wildman–Crippen LogP) is 6.23. The third kappa shape index (κ3) is 7.97. The highest BCUT2D eigenvalue weighted by molar-refractivity contribution is 5.40. The van der Waals surface area contributed by atoms with Gasteiger partial charge >= 0.3 is 0 Å². The number of para-hydroxylation sites is 2. The van der Waals surface area contributed by atoms with E-state index in [-0.39, 0.29) is 6.10 Å². The molecular weight excluding hydrogens is 472 g/mol. The van der Waals surface area contributed by atoms with Gasteiger partial charge in [-0.25, -0.2) is 0 Å². The summed E-state index contributed by atoms with van der Waals surface area (Å²) in [7, 11) is 0. The van der Waals surface area contributed by atoms with Crippen molar-refractivity contribution in [1.82, 2.24) is 9.80 Å². The van der Waals surface area contributed by atoms with E-state index in [1.165, 1.54) is 60.8 Å². The summed E-state index contributed by atoms with van der Waals surface area (Å²) in [5.74, 6) is 2.07. The van der Waals surface area contributed by atoms with Gasteiger partial charge in [0.1, 0.15) is 11.5 Å². The number of aliphatic hydroxyl groups excluding tert-OH is 1. The lowest BCUT2D eigenvalue weighted by molar-refractivity contribution is 0.0180. The minimum atomic E-state index is -0.324. The molecule has 1 N–H and O–H groups in total. The van der Waals surface area contributed by atoms with Crippen LogP contribution in [0.2, 0.25) is 0 Å². The van der Waals surface area contributed by atoms with Crippen molar-refractivity contribution >= 4 is 0 Å². The first-order chi connectivity index (χ1) is 18.4. The minimum Gasteiger partial charge on any atom is -0.493 e. The van der Waals surface area contributed by atoms with Crippen LogP contribution in [0.4, 0.5) is 0 Å². The molecule has 2 unspecified atom stereocenters. The molecule has 5 nitrogen and oxygen atoms in total. The molecule has 2 aliphatic heterocycles. The molecule has 0 aromatic heterocycles. The number of benzene rings is 2. The maximum atomic E-state index is 11.2. The molecule has 2 fully saturated rings. The summed E-state index contributed by atoms with van der Waals surface area (Å²) in [5, 5.41) is 11.2. The normalized spacial score (nSPS) is 21.8. The van der Waals surface area contributed by atoms with E-state index in [9.17, 15) is 5.11 Å². The molecule has 0 aliphatic carbocycles. The third-order valence-electron chi connectivity index (χ3n) is 8.60. The lowest BCUT2D eigenvalue weighted by atomic mass is 9.97. The lowest BCUT2D eigenvalue weighted by Crippen LogP contribution is -2.50. The second-order valence-electron chi connectivity index (χ2n) is 11.7. The maximum Gasteiger partial charge on any atom is 0.125 e. The lowest BCUT2D eigenvalue weighted by Gasteiger charge is -2.40. The van der Waals surface area contributed by atoms with E-state index in [1.54, 1.807) is 0 Å². The molecule has 2 aromatic carbocycles. The van der Waals surface area contributed by atoms with Gasteiger partial charge in [-0.05, 0) is 102 Å². The molecule has 38 heavy (non-hydrogen) atoms. The van der Waals surface area contributed by atoms with Crippen LogP contribution in [0.1, 0.15) is 73.6 Å². The SMILES string of the molecule is Cc1cccc(C)c1OCCC1CCCCN1CC(O)CN1CCCCC1CCOc1c(C)cccc1C. The summed E-state index contributed by atoms with van der Waals surface area (Å²) in [6, 6.07) is 13.6. The molecule has 4 rings (SSSR count). The van der Waals surface area contributed by atoms with Crippen LogP contribution in [0.3, 0.4) is 0 Å². The molecule has 0 saturated carbocycles. The van der Waals surface area contributed by atoms with E-state index in [0.717, 1.165) is 63.7 Å². The first-order valence-electron chi connectivity index (χ1n) is 15.0. The van der Waals surface area contributed by atoms with Gasteiger partial charge in [0, 0.05) is 25.2 Å². The molecule has 0 radical (unpaired) electrons. The summed E-state index contributed by atoms with van der Waals surface area (Å²) >= 11 is 0. The molecule has 2 aromatic rings. The molecule has 210 valence electrons. The Bertz CT molecular complexity index is 890. The molecule has 2 heterocycles. The van der Waals surface area contributed by atoms with Crippen LogP contribution in [0, 0.1) is 27.7 Å². The van der Waals surface area contributed by atoms with Crippen LogP contribution < -0.4 is 9.47 Å². The van der Waals surface area contributed by atoms with E-state index in [2.05, 4.69) is 73.9 Å². The first kappa shape index (κ1) is 28.9. The molecule has 0 spiro atoms. The van der Waals surface area contributed by atoms with Gasteiger partial charge in [-0.1, -0.05) is 49.2 Å². The number of aryl methyl sites for hydroxylation is 4. The summed E-state index contributed by atoms with van der Waals surface area (Å²) in [6.45, 7) is 13.6. The van der Waals surface area contributed by atoms with Crippen LogP contribution in [-0.2, 0) is 0 Å². The van der Waals surface area contributed by atoms with E-state index in [0.29, 0.717) is 12.1 Å². The highest BCUT2D eigenvalue weighted by Gasteiger charge is 2.28. The Balaban J connectivity index is 1.25. The Hall–Kier alpha value is -2.08. The van der Waals surface area contributed by atoms with Gasteiger partial charge in [-0.2, -0.15) is 0 Å². The molecule has 2 atom stereocenters. The first-order valence-corrected chi connectivity index (χ1v) is 15.0. The fraction of sp³-hybridized carbons (Fsp3) is 0.636. The van der Waals surface area contributed by atoms with Crippen molar-refractivity contribution in [1.29, 1.82) is 0 Å². The van der Waals surface area contributed by atoms with Crippen molar-refractivity contribution in [3.05, 3.63) is 58.7 Å². The van der Waals surface area contributed by atoms with Crippen molar-refractivity contribution in [2.75, 3.05) is 39.4 Å². The number of β-amino-alcohol motifs (C(OH)–C–C–N with tert-alkyl or cyclic N) is 1. The van der Waals surface area contributed by atoms with Gasteiger partial charge in [-0.3, -0.25) is 9.80 Å². The van der Waals surface area contributed by atoms with E-state index < -0.39 is 0 Å². The summed E-state index contributed by atoms with van der Waals surface area (Å²) in [5.41, 5.74) is 4.82. The van der Waals surface area contributed by atoms with Gasteiger partial charge in [0.2, 0.25) is 0 Å². The summed E-state index contributed by atoms with van der Waals surface area (Å²) < 4.78 is 12.5. The Morgan fingerprint density at radius 3 is 1.47 bits per heavy atom. The minimum absolute atomic E-state index is 0.324.